The van der Waals surface area contributed by atoms with Crippen molar-refractivity contribution in [1.29, 1.82) is 0 Å². The van der Waals surface area contributed by atoms with Crippen LogP contribution in [-0.4, -0.2) is 33.7 Å². The largest absolute Gasteiger partial charge is 0.467 e. The van der Waals surface area contributed by atoms with Crippen molar-refractivity contribution in [2.45, 2.75) is 25.9 Å². The molecule has 31 heavy (non-hydrogen) atoms. The number of aryl methyl sites for hydroxylation is 1. The molecule has 0 radical (unpaired) electrons. The number of nitrogens with zero attached hydrogens (tertiary/aromatic N) is 2. The first kappa shape index (κ1) is 20.4. The summed E-state index contributed by atoms with van der Waals surface area (Å²) in [6.07, 6.45) is 2.46. The highest BCUT2D eigenvalue weighted by Gasteiger charge is 2.17. The van der Waals surface area contributed by atoms with Crippen molar-refractivity contribution in [3.05, 3.63) is 89.6 Å². The Hall–Kier alpha value is -3.87. The van der Waals surface area contributed by atoms with Crippen LogP contribution in [0.1, 0.15) is 33.9 Å². The normalized spacial score (nSPS) is 10.9. The predicted molar refractivity (Wildman–Crippen MR) is 117 cm³/mol. The maximum absolute atomic E-state index is 13.1. The lowest BCUT2D eigenvalue weighted by atomic mass is 10.1. The molecule has 0 atom stereocenters. The lowest BCUT2D eigenvalue weighted by Gasteiger charge is -2.22. The number of amides is 2. The van der Waals surface area contributed by atoms with Crippen molar-refractivity contribution in [3.8, 4) is 0 Å². The van der Waals surface area contributed by atoms with E-state index in [-0.39, 0.29) is 11.8 Å². The van der Waals surface area contributed by atoms with Gasteiger partial charge in [-0.25, -0.2) is 4.98 Å². The van der Waals surface area contributed by atoms with E-state index in [4.69, 9.17) is 4.42 Å². The SMILES string of the molecule is CNC(=O)c1ccc(CN(Cc2ccco2)C(=O)CCc2nc3ccccc3[nH]2)cc1. The van der Waals surface area contributed by atoms with Crippen LogP contribution in [0.4, 0.5) is 0 Å². The molecule has 0 saturated heterocycles. The van der Waals surface area contributed by atoms with Gasteiger partial charge in [0.2, 0.25) is 5.91 Å². The van der Waals surface area contributed by atoms with Crippen molar-refractivity contribution in [2.24, 2.45) is 0 Å². The van der Waals surface area contributed by atoms with Gasteiger partial charge in [0.05, 0.1) is 23.8 Å². The van der Waals surface area contributed by atoms with E-state index in [1.54, 1.807) is 30.3 Å². The number of carbonyl (C=O) groups is 2. The summed E-state index contributed by atoms with van der Waals surface area (Å²) < 4.78 is 5.45. The fraction of sp³-hybridized carbons (Fsp3) is 0.208. The first-order valence-electron chi connectivity index (χ1n) is 10.2. The van der Waals surface area contributed by atoms with Crippen LogP contribution in [0.5, 0.6) is 0 Å². The Balaban J connectivity index is 1.45. The second-order valence-electron chi connectivity index (χ2n) is 7.31. The van der Waals surface area contributed by atoms with Crippen LogP contribution in [0, 0.1) is 0 Å². The molecule has 2 aromatic heterocycles. The van der Waals surface area contributed by atoms with Crippen molar-refractivity contribution in [3.63, 3.8) is 0 Å². The number of aromatic amines is 1. The van der Waals surface area contributed by atoms with E-state index in [1.807, 2.05) is 48.5 Å². The summed E-state index contributed by atoms with van der Waals surface area (Å²) in [5.41, 5.74) is 3.39. The second-order valence-corrected chi connectivity index (χ2v) is 7.31. The first-order chi connectivity index (χ1) is 15.1. The average Bonchev–Trinajstić information content (AvgIpc) is 3.46. The molecular formula is C24H24N4O3. The molecule has 0 saturated carbocycles. The zero-order chi connectivity index (χ0) is 21.6. The van der Waals surface area contributed by atoms with Crippen LogP contribution < -0.4 is 5.32 Å². The summed E-state index contributed by atoms with van der Waals surface area (Å²) in [5.74, 6) is 1.38. The van der Waals surface area contributed by atoms with Gasteiger partial charge in [0.1, 0.15) is 11.6 Å². The Morgan fingerprint density at radius 2 is 1.84 bits per heavy atom. The van der Waals surface area contributed by atoms with E-state index in [2.05, 4.69) is 15.3 Å². The number of para-hydroxylation sites is 2. The fourth-order valence-electron chi connectivity index (χ4n) is 3.46. The van der Waals surface area contributed by atoms with Gasteiger partial charge in [-0.15, -0.1) is 0 Å². The van der Waals surface area contributed by atoms with E-state index >= 15 is 0 Å². The molecule has 4 rings (SSSR count). The Labute approximate surface area is 180 Å². The molecule has 2 N–H and O–H groups in total. The monoisotopic (exact) mass is 416 g/mol. The zero-order valence-corrected chi connectivity index (χ0v) is 17.3. The number of rotatable bonds is 8. The average molecular weight is 416 g/mol. The minimum absolute atomic E-state index is 0.00670. The van der Waals surface area contributed by atoms with Crippen molar-refractivity contribution in [1.82, 2.24) is 20.2 Å². The Morgan fingerprint density at radius 1 is 1.03 bits per heavy atom. The van der Waals surface area contributed by atoms with Crippen LogP contribution >= 0.6 is 0 Å². The van der Waals surface area contributed by atoms with Crippen molar-refractivity contribution >= 4 is 22.8 Å². The number of aromatic nitrogens is 2. The Morgan fingerprint density at radius 3 is 2.55 bits per heavy atom. The first-order valence-corrected chi connectivity index (χ1v) is 10.2. The summed E-state index contributed by atoms with van der Waals surface area (Å²) in [7, 11) is 1.60. The van der Waals surface area contributed by atoms with Gasteiger partial charge in [0.15, 0.2) is 0 Å². The molecule has 0 bridgehead atoms. The number of hydrogen-bond acceptors (Lipinski definition) is 4. The standard InChI is InChI=1S/C24H24N4O3/c1-25-24(30)18-10-8-17(9-11-18)15-28(16-19-5-4-14-31-19)23(29)13-12-22-26-20-6-2-3-7-21(20)27-22/h2-11,14H,12-13,15-16H2,1H3,(H,25,30)(H,26,27). The molecule has 2 heterocycles. The molecule has 0 unspecified atom stereocenters. The maximum Gasteiger partial charge on any atom is 0.251 e. The highest BCUT2D eigenvalue weighted by Crippen LogP contribution is 2.16. The van der Waals surface area contributed by atoms with Crippen LogP contribution in [0.25, 0.3) is 11.0 Å². The molecule has 7 nitrogen and oxygen atoms in total. The molecule has 0 aliphatic carbocycles. The molecule has 2 amide bonds. The lowest BCUT2D eigenvalue weighted by molar-refractivity contribution is -0.132. The summed E-state index contributed by atoms with van der Waals surface area (Å²) >= 11 is 0. The number of H-pyrrole nitrogens is 1. The molecule has 4 aromatic rings. The third-order valence-electron chi connectivity index (χ3n) is 5.11. The topological polar surface area (TPSA) is 91.2 Å². The van der Waals surface area contributed by atoms with Crippen LogP contribution in [-0.2, 0) is 24.3 Å². The quantitative estimate of drug-likeness (QED) is 0.458. The minimum atomic E-state index is -0.138. The molecule has 0 fully saturated rings. The summed E-state index contributed by atoms with van der Waals surface area (Å²) in [5, 5.41) is 2.61. The van der Waals surface area contributed by atoms with Gasteiger partial charge in [-0.2, -0.15) is 0 Å². The third kappa shape index (κ3) is 5.01. The van der Waals surface area contributed by atoms with E-state index in [0.29, 0.717) is 31.5 Å². The number of fused-ring (bicyclic) bond motifs is 1. The predicted octanol–water partition coefficient (Wildman–Crippen LogP) is 3.68. The number of furan rings is 1. The van der Waals surface area contributed by atoms with Gasteiger partial charge in [-0.1, -0.05) is 24.3 Å². The van der Waals surface area contributed by atoms with Crippen molar-refractivity contribution in [2.75, 3.05) is 7.05 Å². The zero-order valence-electron chi connectivity index (χ0n) is 17.3. The van der Waals surface area contributed by atoms with Gasteiger partial charge in [-0.05, 0) is 42.0 Å². The summed E-state index contributed by atoms with van der Waals surface area (Å²) in [4.78, 5) is 34.4. The fourth-order valence-corrected chi connectivity index (χ4v) is 3.46. The molecule has 2 aromatic carbocycles. The van der Waals surface area contributed by atoms with Gasteiger partial charge >= 0.3 is 0 Å². The summed E-state index contributed by atoms with van der Waals surface area (Å²) in [6.45, 7) is 0.802. The van der Waals surface area contributed by atoms with Gasteiger partial charge in [0, 0.05) is 32.0 Å². The minimum Gasteiger partial charge on any atom is -0.467 e. The molecule has 0 aliphatic rings. The highest BCUT2D eigenvalue weighted by molar-refractivity contribution is 5.93. The van der Waals surface area contributed by atoms with E-state index in [0.717, 1.165) is 28.2 Å². The maximum atomic E-state index is 13.1. The lowest BCUT2D eigenvalue weighted by Crippen LogP contribution is -2.30. The smallest absolute Gasteiger partial charge is 0.251 e. The highest BCUT2D eigenvalue weighted by atomic mass is 16.3. The molecular weight excluding hydrogens is 392 g/mol. The molecule has 7 heteroatoms. The van der Waals surface area contributed by atoms with Crippen molar-refractivity contribution < 1.29 is 14.0 Å². The van der Waals surface area contributed by atoms with E-state index < -0.39 is 0 Å². The third-order valence-corrected chi connectivity index (χ3v) is 5.11. The molecule has 158 valence electrons. The van der Waals surface area contributed by atoms with Gasteiger partial charge in [-0.3, -0.25) is 9.59 Å². The summed E-state index contributed by atoms with van der Waals surface area (Å²) in [6, 6.07) is 18.7. The van der Waals surface area contributed by atoms with Crippen LogP contribution in [0.3, 0.4) is 0 Å². The molecule has 0 aliphatic heterocycles. The van der Waals surface area contributed by atoms with E-state index in [9.17, 15) is 9.59 Å². The van der Waals surface area contributed by atoms with Gasteiger partial charge in [0.25, 0.3) is 5.91 Å². The Kier molecular flexibility index (Phi) is 6.12. The Bertz CT molecular complexity index is 1130. The number of benzene rings is 2. The number of imidazole rings is 1. The number of carbonyl (C=O) groups excluding carboxylic acids is 2. The van der Waals surface area contributed by atoms with E-state index in [1.165, 1.54) is 0 Å². The molecule has 0 spiro atoms. The van der Waals surface area contributed by atoms with Crippen LogP contribution in [0.2, 0.25) is 0 Å². The van der Waals surface area contributed by atoms with Gasteiger partial charge < -0.3 is 19.6 Å². The number of hydrogen-bond donors (Lipinski definition) is 2. The number of nitrogens with one attached hydrogen (secondary N) is 2. The van der Waals surface area contributed by atoms with Crippen LogP contribution in [0.15, 0.2) is 71.3 Å². The second kappa shape index (κ2) is 9.30.